The zero-order valence-electron chi connectivity index (χ0n) is 13.5. The largest absolute Gasteiger partial charge is 0.351 e. The van der Waals surface area contributed by atoms with Crippen molar-refractivity contribution in [2.45, 2.75) is 11.8 Å². The van der Waals surface area contributed by atoms with Crippen molar-refractivity contribution >= 4 is 27.5 Å². The van der Waals surface area contributed by atoms with E-state index in [4.69, 9.17) is 11.6 Å². The SMILES string of the molecule is Cc1ccc(S(=O)(=O)N(C)CCNC(=O)c2ccccc2Cl)cc1. The van der Waals surface area contributed by atoms with Gasteiger partial charge in [0, 0.05) is 20.1 Å². The Bertz CT molecular complexity index is 820. The number of rotatable bonds is 6. The number of nitrogens with one attached hydrogen (secondary N) is 1. The quantitative estimate of drug-likeness (QED) is 0.854. The third-order valence-corrected chi connectivity index (χ3v) is 5.76. The molecule has 2 aromatic carbocycles. The Hall–Kier alpha value is -1.89. The number of carbonyl (C=O) groups is 1. The minimum Gasteiger partial charge on any atom is -0.351 e. The Morgan fingerprint density at radius 3 is 2.38 bits per heavy atom. The second kappa shape index (κ2) is 7.79. The summed E-state index contributed by atoms with van der Waals surface area (Å²) in [6.45, 7) is 2.24. The zero-order chi connectivity index (χ0) is 17.7. The lowest BCUT2D eigenvalue weighted by atomic mass is 10.2. The standard InChI is InChI=1S/C17H19ClN2O3S/c1-13-7-9-14(10-8-13)24(22,23)20(2)12-11-19-17(21)15-5-3-4-6-16(15)18/h3-10H,11-12H2,1-2H3,(H,19,21). The van der Waals surface area contributed by atoms with Crippen LogP contribution in [-0.2, 0) is 10.0 Å². The van der Waals surface area contributed by atoms with Gasteiger partial charge in [-0.3, -0.25) is 4.79 Å². The van der Waals surface area contributed by atoms with Crippen LogP contribution in [0, 0.1) is 6.92 Å². The van der Waals surface area contributed by atoms with E-state index in [0.29, 0.717) is 10.6 Å². The molecular weight excluding hydrogens is 348 g/mol. The van der Waals surface area contributed by atoms with Gasteiger partial charge in [-0.05, 0) is 31.2 Å². The molecule has 1 amide bonds. The van der Waals surface area contributed by atoms with Gasteiger partial charge in [-0.25, -0.2) is 8.42 Å². The molecule has 0 saturated heterocycles. The number of hydrogen-bond donors (Lipinski definition) is 1. The number of likely N-dealkylation sites (N-methyl/N-ethyl adjacent to an activating group) is 1. The number of carbonyl (C=O) groups excluding carboxylic acids is 1. The Kier molecular flexibility index (Phi) is 5.99. The monoisotopic (exact) mass is 366 g/mol. The average molecular weight is 367 g/mol. The highest BCUT2D eigenvalue weighted by molar-refractivity contribution is 7.89. The van der Waals surface area contributed by atoms with Crippen molar-refractivity contribution in [1.82, 2.24) is 9.62 Å². The molecule has 7 heteroatoms. The average Bonchev–Trinajstić information content (AvgIpc) is 2.55. The molecule has 0 radical (unpaired) electrons. The first-order valence-corrected chi connectivity index (χ1v) is 9.20. The highest BCUT2D eigenvalue weighted by Crippen LogP contribution is 2.15. The maximum absolute atomic E-state index is 12.4. The lowest BCUT2D eigenvalue weighted by molar-refractivity contribution is 0.0952. The van der Waals surface area contributed by atoms with E-state index in [9.17, 15) is 13.2 Å². The maximum Gasteiger partial charge on any atom is 0.252 e. The van der Waals surface area contributed by atoms with Crippen LogP contribution in [0.3, 0.4) is 0 Å². The molecule has 128 valence electrons. The van der Waals surface area contributed by atoms with Gasteiger partial charge in [-0.1, -0.05) is 41.4 Å². The first-order chi connectivity index (χ1) is 11.3. The second-order valence-electron chi connectivity index (χ2n) is 5.38. The zero-order valence-corrected chi connectivity index (χ0v) is 15.1. The van der Waals surface area contributed by atoms with E-state index >= 15 is 0 Å². The van der Waals surface area contributed by atoms with Crippen molar-refractivity contribution in [3.05, 3.63) is 64.7 Å². The fourth-order valence-electron chi connectivity index (χ4n) is 2.08. The predicted molar refractivity (Wildman–Crippen MR) is 94.8 cm³/mol. The number of benzene rings is 2. The van der Waals surface area contributed by atoms with Gasteiger partial charge >= 0.3 is 0 Å². The van der Waals surface area contributed by atoms with Crippen LogP contribution >= 0.6 is 11.6 Å². The maximum atomic E-state index is 12.4. The number of sulfonamides is 1. The number of aryl methyl sites for hydroxylation is 1. The van der Waals surface area contributed by atoms with Crippen LogP contribution in [0.4, 0.5) is 0 Å². The molecular formula is C17H19ClN2O3S. The van der Waals surface area contributed by atoms with E-state index in [1.54, 1.807) is 48.5 Å². The molecule has 0 spiro atoms. The van der Waals surface area contributed by atoms with E-state index in [2.05, 4.69) is 5.32 Å². The number of halogens is 1. The van der Waals surface area contributed by atoms with Gasteiger partial charge in [-0.2, -0.15) is 4.31 Å². The van der Waals surface area contributed by atoms with Crippen molar-refractivity contribution < 1.29 is 13.2 Å². The summed E-state index contributed by atoms with van der Waals surface area (Å²) in [6.07, 6.45) is 0. The lowest BCUT2D eigenvalue weighted by Gasteiger charge is -2.17. The van der Waals surface area contributed by atoms with Gasteiger partial charge in [0.1, 0.15) is 0 Å². The Labute approximate surface area is 147 Å². The summed E-state index contributed by atoms with van der Waals surface area (Å²) in [4.78, 5) is 12.3. The smallest absolute Gasteiger partial charge is 0.252 e. The van der Waals surface area contributed by atoms with Crippen LogP contribution in [0.1, 0.15) is 15.9 Å². The van der Waals surface area contributed by atoms with Crippen molar-refractivity contribution in [2.24, 2.45) is 0 Å². The van der Waals surface area contributed by atoms with Crippen LogP contribution in [0.15, 0.2) is 53.4 Å². The highest BCUT2D eigenvalue weighted by atomic mass is 35.5. The molecule has 0 atom stereocenters. The van der Waals surface area contributed by atoms with Gasteiger partial charge in [0.15, 0.2) is 0 Å². The summed E-state index contributed by atoms with van der Waals surface area (Å²) in [5.74, 6) is -0.332. The fourth-order valence-corrected chi connectivity index (χ4v) is 3.47. The normalized spacial score (nSPS) is 11.5. The molecule has 0 heterocycles. The number of nitrogens with zero attached hydrogens (tertiary/aromatic N) is 1. The first kappa shape index (κ1) is 18.4. The van der Waals surface area contributed by atoms with Gasteiger partial charge < -0.3 is 5.32 Å². The van der Waals surface area contributed by atoms with E-state index < -0.39 is 10.0 Å². The topological polar surface area (TPSA) is 66.5 Å². The highest BCUT2D eigenvalue weighted by Gasteiger charge is 2.20. The Morgan fingerprint density at radius 1 is 1.12 bits per heavy atom. The summed E-state index contributed by atoms with van der Waals surface area (Å²) in [5, 5.41) is 3.03. The minimum absolute atomic E-state index is 0.159. The Balaban J connectivity index is 1.95. The summed E-state index contributed by atoms with van der Waals surface area (Å²) in [5.41, 5.74) is 1.35. The molecule has 0 aliphatic heterocycles. The molecule has 2 aromatic rings. The molecule has 0 saturated carbocycles. The van der Waals surface area contributed by atoms with E-state index in [1.165, 1.54) is 11.4 Å². The van der Waals surface area contributed by atoms with E-state index in [1.807, 2.05) is 6.92 Å². The second-order valence-corrected chi connectivity index (χ2v) is 7.83. The molecule has 0 aromatic heterocycles. The lowest BCUT2D eigenvalue weighted by Crippen LogP contribution is -2.36. The summed E-state index contributed by atoms with van der Waals surface area (Å²) < 4.78 is 26.1. The predicted octanol–water partition coefficient (Wildman–Crippen LogP) is 2.70. The van der Waals surface area contributed by atoms with E-state index in [-0.39, 0.29) is 23.9 Å². The summed E-state index contributed by atoms with van der Waals surface area (Å²) in [6, 6.07) is 13.3. The first-order valence-electron chi connectivity index (χ1n) is 7.38. The fraction of sp³-hybridized carbons (Fsp3) is 0.235. The number of hydrogen-bond acceptors (Lipinski definition) is 3. The molecule has 5 nitrogen and oxygen atoms in total. The van der Waals surface area contributed by atoms with E-state index in [0.717, 1.165) is 5.56 Å². The van der Waals surface area contributed by atoms with Crippen LogP contribution in [0.25, 0.3) is 0 Å². The molecule has 0 aliphatic carbocycles. The van der Waals surface area contributed by atoms with Crippen molar-refractivity contribution in [2.75, 3.05) is 20.1 Å². The Morgan fingerprint density at radius 2 is 1.75 bits per heavy atom. The van der Waals surface area contributed by atoms with Crippen LogP contribution < -0.4 is 5.32 Å². The van der Waals surface area contributed by atoms with Crippen molar-refractivity contribution in [3.8, 4) is 0 Å². The molecule has 0 fully saturated rings. The van der Waals surface area contributed by atoms with Gasteiger partial charge in [0.25, 0.3) is 5.91 Å². The summed E-state index contributed by atoms with van der Waals surface area (Å²) in [7, 11) is -2.09. The third kappa shape index (κ3) is 4.35. The summed E-state index contributed by atoms with van der Waals surface area (Å²) >= 11 is 5.96. The number of amides is 1. The molecule has 24 heavy (non-hydrogen) atoms. The van der Waals surface area contributed by atoms with Gasteiger partial charge in [-0.15, -0.1) is 0 Å². The van der Waals surface area contributed by atoms with Crippen LogP contribution in [0.2, 0.25) is 5.02 Å². The van der Waals surface area contributed by atoms with Crippen LogP contribution in [-0.4, -0.2) is 38.8 Å². The molecule has 2 rings (SSSR count). The van der Waals surface area contributed by atoms with Gasteiger partial charge in [0.2, 0.25) is 10.0 Å². The molecule has 0 unspecified atom stereocenters. The third-order valence-electron chi connectivity index (χ3n) is 3.56. The van der Waals surface area contributed by atoms with Crippen LogP contribution in [0.5, 0.6) is 0 Å². The minimum atomic E-state index is -3.57. The molecule has 1 N–H and O–H groups in total. The van der Waals surface area contributed by atoms with Crippen molar-refractivity contribution in [1.29, 1.82) is 0 Å². The molecule has 0 bridgehead atoms. The van der Waals surface area contributed by atoms with Crippen molar-refractivity contribution in [3.63, 3.8) is 0 Å². The molecule has 0 aliphatic rings. The van der Waals surface area contributed by atoms with Gasteiger partial charge in [0.05, 0.1) is 15.5 Å².